The van der Waals surface area contributed by atoms with Crippen molar-refractivity contribution < 1.29 is 4.79 Å². The van der Waals surface area contributed by atoms with Gasteiger partial charge in [0.15, 0.2) is 0 Å². The van der Waals surface area contributed by atoms with Crippen LogP contribution < -0.4 is 10.6 Å². The molecule has 1 saturated carbocycles. The van der Waals surface area contributed by atoms with Crippen molar-refractivity contribution in [3.63, 3.8) is 0 Å². The summed E-state index contributed by atoms with van der Waals surface area (Å²) in [5, 5.41) is 6.39. The van der Waals surface area contributed by atoms with Crippen LogP contribution in [0.5, 0.6) is 0 Å². The van der Waals surface area contributed by atoms with Crippen LogP contribution in [0, 0.1) is 6.92 Å². The lowest BCUT2D eigenvalue weighted by Gasteiger charge is -2.36. The van der Waals surface area contributed by atoms with Crippen LogP contribution in [0.3, 0.4) is 0 Å². The van der Waals surface area contributed by atoms with Gasteiger partial charge in [0.2, 0.25) is 5.91 Å². The molecular weight excluding hydrogens is 236 g/mol. The van der Waals surface area contributed by atoms with Crippen LogP contribution in [0.4, 0.5) is 5.69 Å². The molecule has 3 nitrogen and oxygen atoms in total. The van der Waals surface area contributed by atoms with E-state index < -0.39 is 0 Å². The molecule has 0 aromatic heterocycles. The molecule has 0 atom stereocenters. The Balaban J connectivity index is 1.96. The highest BCUT2D eigenvalue weighted by atomic mass is 16.1. The van der Waals surface area contributed by atoms with Gasteiger partial charge in [0.25, 0.3) is 0 Å². The molecule has 1 aromatic rings. The molecule has 0 heterocycles. The summed E-state index contributed by atoms with van der Waals surface area (Å²) in [4.78, 5) is 12.2. The summed E-state index contributed by atoms with van der Waals surface area (Å²) < 4.78 is 0. The minimum absolute atomic E-state index is 0.00611. The third kappa shape index (κ3) is 3.80. The lowest BCUT2D eigenvalue weighted by Crippen LogP contribution is -2.47. The largest absolute Gasteiger partial charge is 0.326 e. The summed E-state index contributed by atoms with van der Waals surface area (Å²) in [6, 6.07) is 7.95. The number of aryl methyl sites for hydroxylation is 1. The number of hydrogen-bond donors (Lipinski definition) is 2. The summed E-state index contributed by atoms with van der Waals surface area (Å²) in [7, 11) is 1.98. The quantitative estimate of drug-likeness (QED) is 0.872. The lowest BCUT2D eigenvalue weighted by atomic mass is 9.79. The number of nitrogens with one attached hydrogen (secondary N) is 2. The Morgan fingerprint density at radius 3 is 2.63 bits per heavy atom. The monoisotopic (exact) mass is 260 g/mol. The van der Waals surface area contributed by atoms with Gasteiger partial charge in [0.1, 0.15) is 0 Å². The SMILES string of the molecule is CNC1(CC(=O)Nc2cccc(C)c2)CCCCC1. The maximum absolute atomic E-state index is 12.2. The molecule has 2 N–H and O–H groups in total. The van der Waals surface area contributed by atoms with Crippen LogP contribution >= 0.6 is 0 Å². The van der Waals surface area contributed by atoms with Gasteiger partial charge >= 0.3 is 0 Å². The van der Waals surface area contributed by atoms with Crippen molar-refractivity contribution in [2.24, 2.45) is 0 Å². The molecular formula is C16H24N2O. The molecule has 3 heteroatoms. The van der Waals surface area contributed by atoms with Crippen LogP contribution in [-0.4, -0.2) is 18.5 Å². The second-order valence-electron chi connectivity index (χ2n) is 5.69. The highest BCUT2D eigenvalue weighted by molar-refractivity contribution is 5.91. The highest BCUT2D eigenvalue weighted by Gasteiger charge is 2.32. The molecule has 2 rings (SSSR count). The van der Waals surface area contributed by atoms with E-state index in [4.69, 9.17) is 0 Å². The topological polar surface area (TPSA) is 41.1 Å². The first-order valence-electron chi connectivity index (χ1n) is 7.19. The van der Waals surface area contributed by atoms with Gasteiger partial charge in [0, 0.05) is 17.6 Å². The summed E-state index contributed by atoms with van der Waals surface area (Å²) in [6.07, 6.45) is 6.51. The van der Waals surface area contributed by atoms with Gasteiger partial charge in [-0.15, -0.1) is 0 Å². The number of carbonyl (C=O) groups excluding carboxylic acids is 1. The van der Waals surface area contributed by atoms with Crippen LogP contribution in [-0.2, 0) is 4.79 Å². The molecule has 0 saturated heterocycles. The Hall–Kier alpha value is -1.35. The van der Waals surface area contributed by atoms with E-state index in [2.05, 4.69) is 10.6 Å². The Bertz CT molecular complexity index is 436. The Labute approximate surface area is 115 Å². The molecule has 1 fully saturated rings. The molecule has 0 unspecified atom stereocenters. The zero-order valence-corrected chi connectivity index (χ0v) is 12.0. The predicted octanol–water partition coefficient (Wildman–Crippen LogP) is 3.25. The van der Waals surface area contributed by atoms with Gasteiger partial charge < -0.3 is 10.6 Å². The third-order valence-electron chi connectivity index (χ3n) is 4.14. The zero-order valence-electron chi connectivity index (χ0n) is 12.0. The number of amides is 1. The Kier molecular flexibility index (Phi) is 4.59. The fourth-order valence-corrected chi connectivity index (χ4v) is 2.98. The molecule has 1 aliphatic rings. The van der Waals surface area contributed by atoms with Gasteiger partial charge in [-0.2, -0.15) is 0 Å². The number of anilines is 1. The van der Waals surface area contributed by atoms with E-state index in [1.54, 1.807) is 0 Å². The Morgan fingerprint density at radius 2 is 2.00 bits per heavy atom. The van der Waals surface area contributed by atoms with Gasteiger partial charge in [-0.1, -0.05) is 31.4 Å². The predicted molar refractivity (Wildman–Crippen MR) is 79.3 cm³/mol. The minimum atomic E-state index is 0.00611. The molecule has 0 bridgehead atoms. The molecule has 1 aliphatic carbocycles. The van der Waals surface area contributed by atoms with Crippen molar-refractivity contribution in [3.8, 4) is 0 Å². The molecule has 0 spiro atoms. The van der Waals surface area contributed by atoms with Crippen molar-refractivity contribution in [1.29, 1.82) is 0 Å². The van der Waals surface area contributed by atoms with Gasteiger partial charge in [-0.25, -0.2) is 0 Å². The van der Waals surface area contributed by atoms with Crippen molar-refractivity contribution in [1.82, 2.24) is 5.32 Å². The molecule has 0 aliphatic heterocycles. The summed E-state index contributed by atoms with van der Waals surface area (Å²) >= 11 is 0. The van der Waals surface area contributed by atoms with Crippen LogP contribution in [0.15, 0.2) is 24.3 Å². The van der Waals surface area contributed by atoms with Crippen molar-refractivity contribution >= 4 is 11.6 Å². The third-order valence-corrected chi connectivity index (χ3v) is 4.14. The maximum atomic E-state index is 12.2. The first kappa shape index (κ1) is 14.1. The van der Waals surface area contributed by atoms with Crippen LogP contribution in [0.1, 0.15) is 44.1 Å². The van der Waals surface area contributed by atoms with E-state index in [-0.39, 0.29) is 11.4 Å². The highest BCUT2D eigenvalue weighted by Crippen LogP contribution is 2.31. The first-order valence-corrected chi connectivity index (χ1v) is 7.19. The molecule has 1 aromatic carbocycles. The smallest absolute Gasteiger partial charge is 0.226 e. The zero-order chi connectivity index (χ0) is 13.7. The van der Waals surface area contributed by atoms with E-state index >= 15 is 0 Å². The fourth-order valence-electron chi connectivity index (χ4n) is 2.98. The summed E-state index contributed by atoms with van der Waals surface area (Å²) in [5.41, 5.74) is 2.07. The number of carbonyl (C=O) groups is 1. The summed E-state index contributed by atoms with van der Waals surface area (Å²) in [6.45, 7) is 2.03. The van der Waals surface area contributed by atoms with Crippen LogP contribution in [0.25, 0.3) is 0 Å². The standard InChI is InChI=1S/C16H24N2O/c1-13-7-6-8-14(11-13)18-15(19)12-16(17-2)9-4-3-5-10-16/h6-8,11,17H,3-5,9-10,12H2,1-2H3,(H,18,19). The van der Waals surface area contributed by atoms with E-state index in [0.717, 1.165) is 18.5 Å². The van der Waals surface area contributed by atoms with Gasteiger partial charge in [0.05, 0.1) is 0 Å². The lowest BCUT2D eigenvalue weighted by molar-refractivity contribution is -0.117. The van der Waals surface area contributed by atoms with E-state index in [0.29, 0.717) is 6.42 Å². The van der Waals surface area contributed by atoms with E-state index in [9.17, 15) is 4.79 Å². The summed E-state index contributed by atoms with van der Waals surface area (Å²) in [5.74, 6) is 0.113. The molecule has 1 amide bonds. The van der Waals surface area contributed by atoms with E-state index in [1.165, 1.54) is 24.8 Å². The van der Waals surface area contributed by atoms with Crippen LogP contribution in [0.2, 0.25) is 0 Å². The van der Waals surface area contributed by atoms with Crippen molar-refractivity contribution in [2.75, 3.05) is 12.4 Å². The van der Waals surface area contributed by atoms with Crippen molar-refractivity contribution in [3.05, 3.63) is 29.8 Å². The average Bonchev–Trinajstić information content (AvgIpc) is 2.39. The van der Waals surface area contributed by atoms with E-state index in [1.807, 2.05) is 38.2 Å². The van der Waals surface area contributed by atoms with Gasteiger partial charge in [-0.3, -0.25) is 4.79 Å². The molecule has 104 valence electrons. The number of hydrogen-bond acceptors (Lipinski definition) is 2. The second kappa shape index (κ2) is 6.20. The normalized spacial score (nSPS) is 18.0. The average molecular weight is 260 g/mol. The first-order chi connectivity index (χ1) is 9.13. The second-order valence-corrected chi connectivity index (χ2v) is 5.69. The Morgan fingerprint density at radius 1 is 1.26 bits per heavy atom. The molecule has 19 heavy (non-hydrogen) atoms. The van der Waals surface area contributed by atoms with Crippen molar-refractivity contribution in [2.45, 2.75) is 51.0 Å². The number of rotatable bonds is 4. The van der Waals surface area contributed by atoms with Gasteiger partial charge in [-0.05, 0) is 44.5 Å². The maximum Gasteiger partial charge on any atom is 0.226 e. The number of benzene rings is 1. The fraction of sp³-hybridized carbons (Fsp3) is 0.562. The molecule has 0 radical (unpaired) electrons. The minimum Gasteiger partial charge on any atom is -0.326 e.